The van der Waals surface area contributed by atoms with E-state index in [4.69, 9.17) is 0 Å². The van der Waals surface area contributed by atoms with Crippen LogP contribution in [0.5, 0.6) is 0 Å². The van der Waals surface area contributed by atoms with Gasteiger partial charge in [-0.2, -0.15) is 24.3 Å². The summed E-state index contributed by atoms with van der Waals surface area (Å²) in [7, 11) is -0.101. The Balaban J connectivity index is 0.000000228. The monoisotopic (exact) mass is 682 g/mol. The fourth-order valence-electron chi connectivity index (χ4n) is 7.65. The minimum absolute atomic E-state index is 0. The van der Waals surface area contributed by atoms with Crippen LogP contribution in [0.3, 0.4) is 0 Å². The summed E-state index contributed by atoms with van der Waals surface area (Å²) in [5, 5.41) is 12.7. The first-order valence-electron chi connectivity index (χ1n) is 16.7. The largest absolute Gasteiger partial charge is 0.641 e. The first-order chi connectivity index (χ1) is 22.6. The number of hydrogen-bond acceptors (Lipinski definition) is 0. The van der Waals surface area contributed by atoms with Crippen molar-refractivity contribution in [3.63, 3.8) is 0 Å². The molecule has 0 spiro atoms. The number of rotatable bonds is 3. The molecule has 0 aliphatic rings. The van der Waals surface area contributed by atoms with Crippen LogP contribution >= 0.6 is 7.92 Å². The van der Waals surface area contributed by atoms with Gasteiger partial charge in [0.05, 0.1) is 0 Å². The van der Waals surface area contributed by atoms with Crippen LogP contribution in [0, 0.1) is 0 Å². The van der Waals surface area contributed by atoms with E-state index in [0.29, 0.717) is 10.3 Å². The van der Waals surface area contributed by atoms with Crippen molar-refractivity contribution in [3.8, 4) is 22.3 Å². The van der Waals surface area contributed by atoms with Gasteiger partial charge < -0.3 is 47.0 Å². The number of hydrogen-bond donors (Lipinski definition) is 0. The van der Waals surface area contributed by atoms with Crippen molar-refractivity contribution < 1.29 is 17.1 Å². The first kappa shape index (κ1) is 33.9. The van der Waals surface area contributed by atoms with Crippen LogP contribution in [0.4, 0.5) is 0 Å². The predicted molar refractivity (Wildman–Crippen MR) is 211 cm³/mol. The summed E-state index contributed by atoms with van der Waals surface area (Å²) >= 11 is 0. The second-order valence-electron chi connectivity index (χ2n) is 14.6. The molecule has 0 fully saturated rings. The molecule has 0 heterocycles. The van der Waals surface area contributed by atoms with Gasteiger partial charge in [-0.05, 0) is 71.6 Å². The summed E-state index contributed by atoms with van der Waals surface area (Å²) in [6.07, 6.45) is 0. The van der Waals surface area contributed by atoms with Gasteiger partial charge in [0.25, 0.3) is 0 Å². The van der Waals surface area contributed by atoms with Crippen LogP contribution < -0.4 is 5.30 Å². The van der Waals surface area contributed by atoms with Gasteiger partial charge in [0, 0.05) is 17.1 Å². The van der Waals surface area contributed by atoms with E-state index in [1.165, 1.54) is 65.3 Å². The minimum Gasteiger partial charge on any atom is -0.641 e. The third-order valence-corrected chi connectivity index (χ3v) is 12.6. The van der Waals surface area contributed by atoms with E-state index in [1.54, 1.807) is 5.30 Å². The minimum atomic E-state index is -0.101. The predicted octanol–water partition coefficient (Wildman–Crippen LogP) is 13.5. The van der Waals surface area contributed by atoms with E-state index < -0.39 is 0 Å². The van der Waals surface area contributed by atoms with E-state index in [0.717, 1.165) is 0 Å². The van der Waals surface area contributed by atoms with E-state index >= 15 is 0 Å². The first-order valence-corrected chi connectivity index (χ1v) is 18.0. The van der Waals surface area contributed by atoms with Crippen LogP contribution in [-0.4, -0.2) is 10.3 Å². The van der Waals surface area contributed by atoms with E-state index in [9.17, 15) is 0 Å². The molecule has 0 radical (unpaired) electrons. The number of benzene rings is 6. The molecule has 8 rings (SSSR count). The maximum absolute atomic E-state index is 2.37. The van der Waals surface area contributed by atoms with Crippen LogP contribution in [-0.2, 0) is 17.1 Å². The van der Waals surface area contributed by atoms with Crippen LogP contribution in [0.2, 0.25) is 0 Å². The molecule has 0 N–H and O–H groups in total. The summed E-state index contributed by atoms with van der Waals surface area (Å²) in [6.45, 7) is 14.1. The third-order valence-electron chi connectivity index (χ3n) is 9.14. The van der Waals surface area contributed by atoms with E-state index in [-0.39, 0.29) is 25.0 Å². The second kappa shape index (κ2) is 13.5. The molecule has 0 amide bonds. The van der Waals surface area contributed by atoms with Gasteiger partial charge in [0.1, 0.15) is 0 Å². The molecule has 246 valence electrons. The molecular formula is C46H43FeP-6. The van der Waals surface area contributed by atoms with Crippen molar-refractivity contribution in [2.24, 2.45) is 0 Å². The topological polar surface area (TPSA) is 0 Å². The standard InChI is InChI=1S/C33H21.C13H22P.Fe/c1-2-10-22(9-1)27-14-7-8-16-29(27)33-28-15-6-5-13-25(28)21-32-30(33)18-17-26-19-23-11-3-4-12-24(23)20-31(26)32;1-12(2,3)14(13(4,5)6)11-9-7-8-10-11;/h1-21H;7-10H,1-6H3;/q-5;-1;. The molecule has 0 bridgehead atoms. The zero-order chi connectivity index (χ0) is 32.8. The maximum atomic E-state index is 2.37. The van der Waals surface area contributed by atoms with Gasteiger partial charge in [0.15, 0.2) is 0 Å². The smallest absolute Gasteiger partial charge is 0 e. The molecule has 0 atom stereocenters. The Labute approximate surface area is 297 Å². The van der Waals surface area contributed by atoms with Gasteiger partial charge in [-0.25, -0.2) is 12.1 Å². The number of fused-ring (bicyclic) bond motifs is 5. The van der Waals surface area contributed by atoms with Crippen LogP contribution in [0.1, 0.15) is 41.5 Å². The fraction of sp³-hybridized carbons (Fsp3) is 0.174. The van der Waals surface area contributed by atoms with Gasteiger partial charge in [-0.3, -0.25) is 0 Å². The van der Waals surface area contributed by atoms with Gasteiger partial charge >= 0.3 is 0 Å². The molecule has 8 aromatic rings. The summed E-state index contributed by atoms with van der Waals surface area (Å²) in [5.74, 6) is 0. The van der Waals surface area contributed by atoms with Crippen LogP contribution in [0.25, 0.3) is 65.3 Å². The SMILES string of the molecule is CC(C)(C)P([c-]1cccc1)C(C)(C)C.[Fe].c1ccc(-[c-]2[cH-][cH-][cH-][cH-]2)c(-c2c3ccccc3cc3c2ccc2cc4ccccc4cc23)c1. The zero-order valence-electron chi connectivity index (χ0n) is 28.7. The molecule has 0 saturated heterocycles. The Morgan fingerprint density at radius 1 is 0.500 bits per heavy atom. The normalized spacial score (nSPS) is 12.0. The van der Waals surface area contributed by atoms with Crippen molar-refractivity contribution >= 4 is 56.3 Å². The molecule has 0 nitrogen and oxygen atoms in total. The van der Waals surface area contributed by atoms with E-state index in [2.05, 4.69) is 193 Å². The van der Waals surface area contributed by atoms with Gasteiger partial charge in [0.2, 0.25) is 0 Å². The summed E-state index contributed by atoms with van der Waals surface area (Å²) in [5.41, 5.74) is 5.14. The molecular weight excluding hydrogens is 639 g/mol. The fourth-order valence-corrected chi connectivity index (χ4v) is 11.7. The van der Waals surface area contributed by atoms with Crippen molar-refractivity contribution in [2.75, 3.05) is 0 Å². The summed E-state index contributed by atoms with van der Waals surface area (Å²) in [6, 6.07) is 55.4. The zero-order valence-corrected chi connectivity index (χ0v) is 30.7. The molecule has 8 aromatic carbocycles. The maximum Gasteiger partial charge on any atom is 0 e. The Bertz CT molecular complexity index is 2300. The summed E-state index contributed by atoms with van der Waals surface area (Å²) < 4.78 is 0. The average Bonchev–Trinajstić information content (AvgIpc) is 3.77. The quantitative estimate of drug-likeness (QED) is 0.0572. The Morgan fingerprint density at radius 2 is 1.04 bits per heavy atom. The molecule has 0 aromatic heterocycles. The molecule has 0 saturated carbocycles. The molecule has 48 heavy (non-hydrogen) atoms. The molecule has 0 aliphatic heterocycles. The van der Waals surface area contributed by atoms with Gasteiger partial charge in [-0.15, -0.1) is 24.9 Å². The van der Waals surface area contributed by atoms with Crippen molar-refractivity contribution in [1.82, 2.24) is 0 Å². The van der Waals surface area contributed by atoms with Crippen LogP contribution in [0.15, 0.2) is 152 Å². The molecule has 0 unspecified atom stereocenters. The Hall–Kier alpha value is -3.99. The van der Waals surface area contributed by atoms with E-state index in [1.807, 2.05) is 0 Å². The molecule has 0 aliphatic carbocycles. The Morgan fingerprint density at radius 3 is 1.71 bits per heavy atom. The second-order valence-corrected chi connectivity index (χ2v) is 18.5. The summed E-state index contributed by atoms with van der Waals surface area (Å²) in [4.78, 5) is 0. The molecule has 2 heteroatoms. The van der Waals surface area contributed by atoms with Crippen molar-refractivity contribution in [3.05, 3.63) is 152 Å². The Kier molecular flexibility index (Phi) is 9.53. The van der Waals surface area contributed by atoms with Crippen molar-refractivity contribution in [2.45, 2.75) is 51.9 Å². The third kappa shape index (κ3) is 6.53. The van der Waals surface area contributed by atoms with Crippen molar-refractivity contribution in [1.29, 1.82) is 0 Å². The van der Waals surface area contributed by atoms with Gasteiger partial charge in [-0.1, -0.05) is 102 Å². The average molecular weight is 683 g/mol.